The second kappa shape index (κ2) is 104. The summed E-state index contributed by atoms with van der Waals surface area (Å²) >= 11 is 0. The Morgan fingerprint density at radius 2 is 0.382 bits per heavy atom. The maximum Gasteiger partial charge on any atom is 0.303 e. The van der Waals surface area contributed by atoms with E-state index < -0.39 is 17.9 Å². The Morgan fingerprint density at radius 1 is 0.198 bits per heavy atom. The molecule has 5 N–H and O–H groups in total. The van der Waals surface area contributed by atoms with Gasteiger partial charge in [-0.25, -0.2) is 0 Å². The first-order chi connectivity index (χ1) is 64.2. The van der Waals surface area contributed by atoms with Gasteiger partial charge in [-0.1, -0.05) is 443 Å². The summed E-state index contributed by atoms with van der Waals surface area (Å²) in [6.07, 6.45) is 85.1. The van der Waals surface area contributed by atoms with E-state index in [9.17, 15) is 39.3 Å². The number of ether oxygens (including phenoxy) is 3. The van der Waals surface area contributed by atoms with Gasteiger partial charge in [-0.05, 0) is 142 Å². The largest absolute Gasteiger partial charge is 0.481 e. The van der Waals surface area contributed by atoms with Crippen LogP contribution in [0.4, 0.5) is 0 Å². The van der Waals surface area contributed by atoms with Gasteiger partial charge in [-0.15, -0.1) is 11.8 Å². The van der Waals surface area contributed by atoms with Crippen molar-refractivity contribution in [3.8, 4) is 59.2 Å². The van der Waals surface area contributed by atoms with Crippen LogP contribution in [0.3, 0.4) is 0 Å². The van der Waals surface area contributed by atoms with E-state index in [0.29, 0.717) is 58.8 Å². The van der Waals surface area contributed by atoms with E-state index in [2.05, 4.69) is 111 Å². The molecule has 0 bridgehead atoms. The molecule has 0 radical (unpaired) electrons. The van der Waals surface area contributed by atoms with E-state index in [0.717, 1.165) is 238 Å². The first kappa shape index (κ1) is 127. The fourth-order valence-electron chi connectivity index (χ4n) is 16.5. The van der Waals surface area contributed by atoms with Crippen LogP contribution in [-0.2, 0) is 38.2 Å². The van der Waals surface area contributed by atoms with Crippen molar-refractivity contribution in [1.82, 2.24) is 10.6 Å². The summed E-state index contributed by atoms with van der Waals surface area (Å²) in [6, 6.07) is 0. The van der Waals surface area contributed by atoms with Crippen LogP contribution in [0.25, 0.3) is 0 Å². The fraction of sp³-hybridized carbons (Fsp3) is 0.805. The van der Waals surface area contributed by atoms with Crippen molar-refractivity contribution in [2.45, 2.75) is 570 Å². The summed E-state index contributed by atoms with van der Waals surface area (Å²) in [5, 5.41) is 34.0. The lowest BCUT2D eigenvalue weighted by Gasteiger charge is -2.11. The summed E-state index contributed by atoms with van der Waals surface area (Å²) in [5.74, 6) is 36.2. The minimum absolute atomic E-state index is 0.0497. The van der Waals surface area contributed by atoms with Gasteiger partial charge in [0.25, 0.3) is 0 Å². The van der Waals surface area contributed by atoms with E-state index in [-0.39, 0.29) is 37.8 Å². The number of rotatable bonds is 93. The average Bonchev–Trinajstić information content (AvgIpc) is 0.870. The molecular weight excluding hydrogens is 1620 g/mol. The standard InChI is InChI=1S/C114H194N2O11.C4H10/c1-8-15-19-23-27-31-35-39-51-63-77-102(75-12-5)105(80-66-57-45-49-61-73-87-113(121)122)90-91-106(81-67-53-41-37-33-29-25-21-17-10-3)109(84-69-56-43-47-59-71-85-111(118)115-95-96-125-97-98-126-99-100-127-101-116-110(117)14-7)94-93-108(82-68-54-42-38-34-30-26-22-18-11-4)107(83-70-58-46-50-62-74-88-114(123)124)92-89-104(79-65-52-40-36-32-28-24-20-16-9-2)103(76-13-6)78-64-55-44-48-60-72-86-112(119)120;1-3-4-2/h8-11,14-74,77-88,95-101H2,1-7H3,(H,115,118)(H,116,117)(H,119,120)(H,121,122)(H,123,124);3-4H2,1-2H3/b104-103-,105-102-,108-107+,109-106+;. The minimum atomic E-state index is -0.723. The highest BCUT2D eigenvalue weighted by Crippen LogP contribution is 2.29. The number of hydrogen-bond acceptors (Lipinski definition) is 8. The fourth-order valence-corrected chi connectivity index (χ4v) is 16.5. The molecule has 0 saturated heterocycles. The number of amides is 2. The van der Waals surface area contributed by atoms with Gasteiger partial charge in [0, 0.05) is 83.2 Å². The van der Waals surface area contributed by atoms with E-state index in [1.54, 1.807) is 6.92 Å². The molecule has 0 spiro atoms. The van der Waals surface area contributed by atoms with Gasteiger partial charge >= 0.3 is 17.9 Å². The molecule has 0 aliphatic rings. The lowest BCUT2D eigenvalue weighted by atomic mass is 9.92. The molecule has 0 rings (SSSR count). The summed E-state index contributed by atoms with van der Waals surface area (Å²) in [6.45, 7) is 22.0. The van der Waals surface area contributed by atoms with Gasteiger partial charge in [-0.2, -0.15) is 0 Å². The third-order valence-electron chi connectivity index (χ3n) is 25.0. The molecule has 0 aromatic rings. The Labute approximate surface area is 808 Å². The Kier molecular flexibility index (Phi) is 101. The van der Waals surface area contributed by atoms with Crippen molar-refractivity contribution in [3.63, 3.8) is 0 Å². The topological polar surface area (TPSA) is 198 Å². The van der Waals surface area contributed by atoms with E-state index in [4.69, 9.17) is 14.2 Å². The Morgan fingerprint density at radius 3 is 0.580 bits per heavy atom. The number of carboxylic acids is 3. The zero-order chi connectivity index (χ0) is 95.9. The number of carbonyl (C=O) groups is 5. The third kappa shape index (κ3) is 92.8. The highest BCUT2D eigenvalue weighted by Gasteiger charge is 2.14. The summed E-state index contributed by atoms with van der Waals surface area (Å²) in [5.41, 5.74) is 9.46. The zero-order valence-corrected chi connectivity index (χ0v) is 86.9. The third-order valence-corrected chi connectivity index (χ3v) is 25.0. The van der Waals surface area contributed by atoms with Gasteiger partial charge in [0.2, 0.25) is 11.8 Å². The lowest BCUT2D eigenvalue weighted by Crippen LogP contribution is -2.27. The predicted octanol–water partition coefficient (Wildman–Crippen LogP) is 33.7. The van der Waals surface area contributed by atoms with Crippen LogP contribution in [0, 0.1) is 59.2 Å². The van der Waals surface area contributed by atoms with Crippen molar-refractivity contribution in [2.75, 3.05) is 46.3 Å². The Hall–Kier alpha value is -6.01. The molecule has 0 atom stereocenters. The zero-order valence-electron chi connectivity index (χ0n) is 86.9. The number of aliphatic carboxylic acids is 3. The van der Waals surface area contributed by atoms with Crippen LogP contribution in [0.15, 0.2) is 44.6 Å². The lowest BCUT2D eigenvalue weighted by molar-refractivity contribution is -0.138. The van der Waals surface area contributed by atoms with Crippen molar-refractivity contribution in [1.29, 1.82) is 0 Å². The van der Waals surface area contributed by atoms with Crippen LogP contribution in [-0.4, -0.2) is 91.4 Å². The highest BCUT2D eigenvalue weighted by molar-refractivity contribution is 5.76. The second-order valence-corrected chi connectivity index (χ2v) is 37.3. The average molecular weight is 1830 g/mol. The van der Waals surface area contributed by atoms with Crippen molar-refractivity contribution >= 4 is 29.7 Å². The second-order valence-electron chi connectivity index (χ2n) is 37.3. The smallest absolute Gasteiger partial charge is 0.303 e. The molecule has 0 fully saturated rings. The van der Waals surface area contributed by atoms with Gasteiger partial charge in [-0.3, -0.25) is 24.0 Å². The molecule has 0 aromatic carbocycles. The van der Waals surface area contributed by atoms with Crippen molar-refractivity contribution in [2.24, 2.45) is 0 Å². The molecule has 131 heavy (non-hydrogen) atoms. The van der Waals surface area contributed by atoms with Gasteiger partial charge in [0.15, 0.2) is 0 Å². The SMILES string of the molecule is CC#C/C(CCCCCCCCCCCC)=C(/C#C/C(CCCCCCCCCCCC)=C(/C#C/C(CCCCCCCCCCCC)=C(/C#C/C(CCCCCCCCCCCC)=C(/C#CC)CCCCCCCCC(=O)O)CCCCCCCCC(=O)O)CCCCCCCCC(=O)NCCOCCOCCOCNC(=O)CC)CCCCCCCCC(=O)O.CCCC. The van der Waals surface area contributed by atoms with Gasteiger partial charge in [0.05, 0.1) is 33.0 Å². The maximum absolute atomic E-state index is 13.0. The summed E-state index contributed by atoms with van der Waals surface area (Å²) < 4.78 is 16.7. The first-order valence-electron chi connectivity index (χ1n) is 55.4. The Bertz CT molecular complexity index is 3180. The van der Waals surface area contributed by atoms with Crippen LogP contribution in [0.2, 0.25) is 0 Å². The first-order valence-corrected chi connectivity index (χ1v) is 55.4. The summed E-state index contributed by atoms with van der Waals surface area (Å²) in [4.78, 5) is 58.8. The van der Waals surface area contributed by atoms with Crippen LogP contribution < -0.4 is 10.6 Å². The maximum atomic E-state index is 13.0. The van der Waals surface area contributed by atoms with Crippen LogP contribution in [0.1, 0.15) is 570 Å². The molecule has 0 aliphatic carbocycles. The van der Waals surface area contributed by atoms with Gasteiger partial charge < -0.3 is 40.2 Å². The molecule has 0 aliphatic heterocycles. The van der Waals surface area contributed by atoms with Gasteiger partial charge in [0.1, 0.15) is 6.73 Å². The molecule has 0 saturated carbocycles. The van der Waals surface area contributed by atoms with E-state index in [1.807, 2.05) is 13.8 Å². The molecule has 0 heterocycles. The van der Waals surface area contributed by atoms with Crippen molar-refractivity contribution in [3.05, 3.63) is 44.6 Å². The molecule has 752 valence electrons. The number of hydrogen-bond donors (Lipinski definition) is 5. The number of unbranched alkanes of at least 4 members (excludes halogenated alkanes) is 57. The molecule has 2 amide bonds. The highest BCUT2D eigenvalue weighted by atomic mass is 16.5. The molecular formula is C118H204N2O11. The number of nitrogens with one attached hydrogen (secondary N) is 2. The van der Waals surface area contributed by atoms with Crippen molar-refractivity contribution < 1.29 is 53.5 Å². The quantitative estimate of drug-likeness (QED) is 0.0221. The summed E-state index contributed by atoms with van der Waals surface area (Å²) in [7, 11) is 0. The molecule has 13 nitrogen and oxygen atoms in total. The number of allylic oxidation sites excluding steroid dienone is 8. The minimum Gasteiger partial charge on any atom is -0.481 e. The molecule has 0 aromatic heterocycles. The van der Waals surface area contributed by atoms with E-state index in [1.165, 1.54) is 276 Å². The number of carboxylic acid groups (broad SMARTS) is 3. The van der Waals surface area contributed by atoms with Crippen LogP contribution in [0.5, 0.6) is 0 Å². The monoisotopic (exact) mass is 1830 g/mol. The normalized spacial score (nSPS) is 11.8. The number of carbonyl (C=O) groups excluding carboxylic acids is 2. The van der Waals surface area contributed by atoms with E-state index >= 15 is 0 Å². The predicted molar refractivity (Wildman–Crippen MR) is 559 cm³/mol. The molecule has 0 unspecified atom stereocenters. The molecule has 13 heteroatoms. The Balaban J connectivity index is 0. The van der Waals surface area contributed by atoms with Crippen LogP contribution >= 0.6 is 0 Å².